The molecule has 0 aromatic heterocycles. The van der Waals surface area contributed by atoms with Crippen molar-refractivity contribution in [2.45, 2.75) is 51.2 Å². The van der Waals surface area contributed by atoms with Gasteiger partial charge >= 0.3 is 0 Å². The normalized spacial score (nSPS) is 24.6. The Kier molecular flexibility index (Phi) is 4.16. The fourth-order valence-electron chi connectivity index (χ4n) is 3.13. The van der Waals surface area contributed by atoms with Gasteiger partial charge in [0.1, 0.15) is 11.4 Å². The second-order valence-corrected chi connectivity index (χ2v) is 6.02. The largest absolute Gasteiger partial charge is 0.487 e. The maximum atomic E-state index is 9.50. The maximum Gasteiger partial charge on any atom is 0.125 e. The Morgan fingerprint density at radius 2 is 2.05 bits per heavy atom. The number of hydrogen-bond acceptors (Lipinski definition) is 3. The van der Waals surface area contributed by atoms with Crippen LogP contribution in [0.1, 0.15) is 45.6 Å². The standard InChI is InChI=1S/C16H25NO2/c1-4-10-17-16(9-11-18)12-15(2,3)19-14-8-6-5-7-13(14)16/h5-8,17-18H,4,9-12H2,1-3H3. The summed E-state index contributed by atoms with van der Waals surface area (Å²) < 4.78 is 6.08. The van der Waals surface area contributed by atoms with E-state index >= 15 is 0 Å². The summed E-state index contributed by atoms with van der Waals surface area (Å²) in [6, 6.07) is 8.18. The first-order chi connectivity index (χ1) is 9.03. The van der Waals surface area contributed by atoms with E-state index in [9.17, 15) is 5.11 Å². The number of benzene rings is 1. The number of nitrogens with one attached hydrogen (secondary N) is 1. The zero-order valence-corrected chi connectivity index (χ0v) is 12.2. The summed E-state index contributed by atoms with van der Waals surface area (Å²) in [6.45, 7) is 7.52. The van der Waals surface area contributed by atoms with E-state index in [-0.39, 0.29) is 17.7 Å². The molecule has 0 saturated heterocycles. The van der Waals surface area contributed by atoms with E-state index in [2.05, 4.69) is 32.2 Å². The average Bonchev–Trinajstić information content (AvgIpc) is 2.35. The van der Waals surface area contributed by atoms with Crippen molar-refractivity contribution in [3.8, 4) is 5.75 Å². The highest BCUT2D eigenvalue weighted by Crippen LogP contribution is 2.45. The molecule has 0 fully saturated rings. The zero-order valence-electron chi connectivity index (χ0n) is 12.2. The van der Waals surface area contributed by atoms with E-state index < -0.39 is 0 Å². The molecule has 1 aromatic rings. The van der Waals surface area contributed by atoms with Gasteiger partial charge in [0, 0.05) is 18.6 Å². The van der Waals surface area contributed by atoms with Crippen LogP contribution in [0.15, 0.2) is 24.3 Å². The Morgan fingerprint density at radius 3 is 2.74 bits per heavy atom. The summed E-state index contributed by atoms with van der Waals surface area (Å²) in [4.78, 5) is 0. The molecule has 2 rings (SSSR count). The highest BCUT2D eigenvalue weighted by molar-refractivity contribution is 5.42. The monoisotopic (exact) mass is 263 g/mol. The molecule has 0 bridgehead atoms. The summed E-state index contributed by atoms with van der Waals surface area (Å²) >= 11 is 0. The molecule has 1 aliphatic rings. The highest BCUT2D eigenvalue weighted by atomic mass is 16.5. The lowest BCUT2D eigenvalue weighted by molar-refractivity contribution is 0.0231. The van der Waals surface area contributed by atoms with Crippen LogP contribution in [0.4, 0.5) is 0 Å². The number of hydrogen-bond donors (Lipinski definition) is 2. The van der Waals surface area contributed by atoms with Gasteiger partial charge in [-0.05, 0) is 39.3 Å². The zero-order chi connectivity index (χ0) is 13.9. The van der Waals surface area contributed by atoms with Crippen LogP contribution in [0.2, 0.25) is 0 Å². The Morgan fingerprint density at radius 1 is 1.32 bits per heavy atom. The molecule has 3 heteroatoms. The lowest BCUT2D eigenvalue weighted by atomic mass is 9.75. The number of fused-ring (bicyclic) bond motifs is 1. The third-order valence-corrected chi connectivity index (χ3v) is 3.77. The van der Waals surface area contributed by atoms with Crippen molar-refractivity contribution in [3.05, 3.63) is 29.8 Å². The predicted octanol–water partition coefficient (Wildman–Crippen LogP) is 2.83. The smallest absolute Gasteiger partial charge is 0.125 e. The first kappa shape index (κ1) is 14.4. The Balaban J connectivity index is 2.44. The van der Waals surface area contributed by atoms with Crippen LogP contribution in [-0.2, 0) is 5.54 Å². The van der Waals surface area contributed by atoms with Crippen LogP contribution in [0.5, 0.6) is 5.75 Å². The Bertz CT molecular complexity index is 431. The van der Waals surface area contributed by atoms with Crippen molar-refractivity contribution < 1.29 is 9.84 Å². The summed E-state index contributed by atoms with van der Waals surface area (Å²) in [5.74, 6) is 0.941. The number of aliphatic hydroxyl groups excluding tert-OH is 1. The van der Waals surface area contributed by atoms with Crippen molar-refractivity contribution in [1.29, 1.82) is 0 Å². The number of rotatable bonds is 5. The lowest BCUT2D eigenvalue weighted by Gasteiger charge is -2.46. The molecule has 1 heterocycles. The molecule has 1 aromatic carbocycles. The van der Waals surface area contributed by atoms with Gasteiger partial charge in [0.15, 0.2) is 0 Å². The van der Waals surface area contributed by atoms with Gasteiger partial charge in [0.25, 0.3) is 0 Å². The van der Waals surface area contributed by atoms with Crippen LogP contribution in [0.25, 0.3) is 0 Å². The van der Waals surface area contributed by atoms with E-state index in [1.807, 2.05) is 18.2 Å². The molecule has 1 aliphatic heterocycles. The van der Waals surface area contributed by atoms with Gasteiger partial charge in [-0.25, -0.2) is 0 Å². The molecule has 106 valence electrons. The molecule has 0 aliphatic carbocycles. The van der Waals surface area contributed by atoms with Crippen LogP contribution < -0.4 is 10.1 Å². The summed E-state index contributed by atoms with van der Waals surface area (Å²) in [5.41, 5.74) is 0.782. The highest BCUT2D eigenvalue weighted by Gasteiger charge is 2.44. The van der Waals surface area contributed by atoms with Gasteiger partial charge in [-0.2, -0.15) is 0 Å². The molecule has 0 saturated carbocycles. The van der Waals surface area contributed by atoms with Crippen LogP contribution >= 0.6 is 0 Å². The van der Waals surface area contributed by atoms with Gasteiger partial charge < -0.3 is 15.2 Å². The topological polar surface area (TPSA) is 41.5 Å². The first-order valence-electron chi connectivity index (χ1n) is 7.17. The van der Waals surface area contributed by atoms with E-state index in [4.69, 9.17) is 4.74 Å². The number of para-hydroxylation sites is 1. The van der Waals surface area contributed by atoms with Crippen LogP contribution in [0.3, 0.4) is 0 Å². The van der Waals surface area contributed by atoms with Crippen LogP contribution in [0, 0.1) is 0 Å². The predicted molar refractivity (Wildman–Crippen MR) is 77.4 cm³/mol. The van der Waals surface area contributed by atoms with Crippen molar-refractivity contribution in [1.82, 2.24) is 5.32 Å². The Hall–Kier alpha value is -1.06. The van der Waals surface area contributed by atoms with Gasteiger partial charge in [-0.3, -0.25) is 0 Å². The van der Waals surface area contributed by atoms with Crippen molar-refractivity contribution in [2.24, 2.45) is 0 Å². The van der Waals surface area contributed by atoms with Gasteiger partial charge in [0.05, 0.1) is 5.54 Å². The second kappa shape index (κ2) is 5.51. The maximum absolute atomic E-state index is 9.50. The third kappa shape index (κ3) is 2.93. The van der Waals surface area contributed by atoms with Crippen molar-refractivity contribution in [3.63, 3.8) is 0 Å². The van der Waals surface area contributed by atoms with E-state index in [0.29, 0.717) is 0 Å². The summed E-state index contributed by atoms with van der Waals surface area (Å²) in [5, 5.41) is 13.2. The van der Waals surface area contributed by atoms with Gasteiger partial charge in [0.2, 0.25) is 0 Å². The number of ether oxygens (including phenoxy) is 1. The second-order valence-electron chi connectivity index (χ2n) is 6.02. The SMILES string of the molecule is CCCNC1(CCO)CC(C)(C)Oc2ccccc21. The van der Waals surface area contributed by atoms with E-state index in [1.165, 1.54) is 5.56 Å². The minimum Gasteiger partial charge on any atom is -0.487 e. The Labute approximate surface area is 116 Å². The molecule has 2 N–H and O–H groups in total. The molecule has 0 radical (unpaired) electrons. The fraction of sp³-hybridized carbons (Fsp3) is 0.625. The molecule has 1 atom stereocenters. The quantitative estimate of drug-likeness (QED) is 0.858. The average molecular weight is 263 g/mol. The lowest BCUT2D eigenvalue weighted by Crippen LogP contribution is -2.53. The first-order valence-corrected chi connectivity index (χ1v) is 7.17. The number of aliphatic hydroxyl groups is 1. The minimum absolute atomic E-state index is 0.177. The molecule has 0 spiro atoms. The molecule has 19 heavy (non-hydrogen) atoms. The van der Waals surface area contributed by atoms with Crippen LogP contribution in [-0.4, -0.2) is 23.9 Å². The molecule has 1 unspecified atom stereocenters. The molecular weight excluding hydrogens is 238 g/mol. The van der Waals surface area contributed by atoms with Crippen molar-refractivity contribution >= 4 is 0 Å². The molecule has 0 amide bonds. The van der Waals surface area contributed by atoms with Crippen molar-refractivity contribution in [2.75, 3.05) is 13.2 Å². The molecular formula is C16H25NO2. The van der Waals surface area contributed by atoms with Gasteiger partial charge in [-0.1, -0.05) is 25.1 Å². The van der Waals surface area contributed by atoms with E-state index in [1.54, 1.807) is 0 Å². The summed E-state index contributed by atoms with van der Waals surface area (Å²) in [7, 11) is 0. The minimum atomic E-state index is -0.218. The molecule has 3 nitrogen and oxygen atoms in total. The third-order valence-electron chi connectivity index (χ3n) is 3.77. The summed E-state index contributed by atoms with van der Waals surface area (Å²) in [6.07, 6.45) is 2.67. The fourth-order valence-corrected chi connectivity index (χ4v) is 3.13. The van der Waals surface area contributed by atoms with E-state index in [0.717, 1.165) is 31.6 Å². The van der Waals surface area contributed by atoms with Gasteiger partial charge in [-0.15, -0.1) is 0 Å².